The van der Waals surface area contributed by atoms with Gasteiger partial charge in [0.25, 0.3) is 8.41 Å². The monoisotopic (exact) mass is 358 g/mol. The van der Waals surface area contributed by atoms with Crippen LogP contribution in [0.25, 0.3) is 0 Å². The lowest BCUT2D eigenvalue weighted by Crippen LogP contribution is -2.50. The van der Waals surface area contributed by atoms with E-state index in [1.807, 2.05) is 0 Å². The molecule has 0 saturated carbocycles. The van der Waals surface area contributed by atoms with Crippen molar-refractivity contribution < 1.29 is 17.3 Å². The highest BCUT2D eigenvalue weighted by molar-refractivity contribution is 7.89. The van der Waals surface area contributed by atoms with Crippen molar-refractivity contribution in [1.29, 1.82) is 0 Å². The quantitative estimate of drug-likeness (QED) is 0.598. The van der Waals surface area contributed by atoms with Crippen LogP contribution in [0.2, 0.25) is 13.1 Å². The fourth-order valence-electron chi connectivity index (χ4n) is 2.90. The molecular formula is C15H23FN2O3SSi. The van der Waals surface area contributed by atoms with Gasteiger partial charge < -0.3 is 9.01 Å². The van der Waals surface area contributed by atoms with Crippen LogP contribution < -0.4 is 0 Å². The van der Waals surface area contributed by atoms with Crippen molar-refractivity contribution in [2.45, 2.75) is 36.9 Å². The van der Waals surface area contributed by atoms with Crippen molar-refractivity contribution in [3.05, 3.63) is 30.3 Å². The summed E-state index contributed by atoms with van der Waals surface area (Å²) in [7, 11) is -5.09. The maximum atomic E-state index is 13.9. The van der Waals surface area contributed by atoms with E-state index >= 15 is 0 Å². The molecule has 2 rings (SSSR count). The maximum absolute atomic E-state index is 13.9. The van der Waals surface area contributed by atoms with Crippen molar-refractivity contribution in [3.8, 4) is 0 Å². The standard InChI is InChI=1S/C15H23FN2O3SSi/c1-17(12-23(2,3)16)15(19)14-10-7-11-18(14)22(20,21)13-8-5-4-6-9-13/h4-6,8-9,14H,7,10-12H2,1-3H3/t14-/m0/s1. The van der Waals surface area contributed by atoms with Gasteiger partial charge in [0.2, 0.25) is 15.9 Å². The maximum Gasteiger partial charge on any atom is 0.259 e. The van der Waals surface area contributed by atoms with E-state index in [4.69, 9.17) is 0 Å². The molecule has 0 aromatic heterocycles. The van der Waals surface area contributed by atoms with Crippen LogP contribution in [0.15, 0.2) is 35.2 Å². The van der Waals surface area contributed by atoms with E-state index < -0.39 is 24.5 Å². The number of hydrogen-bond donors (Lipinski definition) is 0. The summed E-state index contributed by atoms with van der Waals surface area (Å²) in [6, 6.07) is 7.37. The summed E-state index contributed by atoms with van der Waals surface area (Å²) in [5.41, 5.74) is 0. The molecule has 0 N–H and O–H groups in total. The molecule has 1 aromatic rings. The summed E-state index contributed by atoms with van der Waals surface area (Å²) in [5.74, 6) is -0.319. The first-order valence-electron chi connectivity index (χ1n) is 7.64. The smallest absolute Gasteiger partial charge is 0.259 e. The average molecular weight is 359 g/mol. The van der Waals surface area contributed by atoms with E-state index in [-0.39, 0.29) is 17.0 Å². The topological polar surface area (TPSA) is 57.7 Å². The summed E-state index contributed by atoms with van der Waals surface area (Å²) >= 11 is 0. The SMILES string of the molecule is CN(C[Si](C)(C)F)C(=O)[C@@H]1CCCN1S(=O)(=O)c1ccccc1. The minimum atomic E-state index is -3.71. The van der Waals surface area contributed by atoms with Crippen molar-refractivity contribution in [1.82, 2.24) is 9.21 Å². The van der Waals surface area contributed by atoms with E-state index in [1.165, 1.54) is 34.4 Å². The lowest BCUT2D eigenvalue weighted by atomic mass is 10.2. The van der Waals surface area contributed by atoms with Gasteiger partial charge >= 0.3 is 0 Å². The molecule has 0 bridgehead atoms. The number of carbonyl (C=O) groups excluding carboxylic acids is 1. The molecule has 8 heteroatoms. The molecule has 1 heterocycles. The largest absolute Gasteiger partial charge is 0.344 e. The van der Waals surface area contributed by atoms with Crippen molar-refractivity contribution in [3.63, 3.8) is 0 Å². The van der Waals surface area contributed by atoms with Gasteiger partial charge in [-0.3, -0.25) is 4.79 Å². The van der Waals surface area contributed by atoms with Gasteiger partial charge in [0.05, 0.1) is 4.90 Å². The number of rotatable bonds is 5. The Labute approximate surface area is 138 Å². The van der Waals surface area contributed by atoms with E-state index in [9.17, 15) is 17.3 Å². The Morgan fingerprint density at radius 3 is 2.52 bits per heavy atom. The molecule has 0 unspecified atom stereocenters. The zero-order valence-corrected chi connectivity index (χ0v) is 15.5. The molecule has 1 fully saturated rings. The lowest BCUT2D eigenvalue weighted by molar-refractivity contribution is -0.132. The normalized spacial score (nSPS) is 19.7. The van der Waals surface area contributed by atoms with Crippen LogP contribution in [0.4, 0.5) is 4.11 Å². The molecule has 1 aliphatic heterocycles. The van der Waals surface area contributed by atoms with Crippen LogP contribution in [0.3, 0.4) is 0 Å². The molecule has 23 heavy (non-hydrogen) atoms. The summed E-state index contributed by atoms with van der Waals surface area (Å²) in [6.07, 6.45) is 1.18. The first-order chi connectivity index (χ1) is 10.6. The number of nitrogens with zero attached hydrogens (tertiary/aromatic N) is 2. The van der Waals surface area contributed by atoms with Gasteiger partial charge in [-0.1, -0.05) is 18.2 Å². The predicted molar refractivity (Wildman–Crippen MR) is 89.6 cm³/mol. The van der Waals surface area contributed by atoms with E-state index in [1.54, 1.807) is 25.2 Å². The summed E-state index contributed by atoms with van der Waals surface area (Å²) in [6.45, 7) is 3.38. The fraction of sp³-hybridized carbons (Fsp3) is 0.533. The highest BCUT2D eigenvalue weighted by Crippen LogP contribution is 2.27. The minimum Gasteiger partial charge on any atom is -0.344 e. The highest BCUT2D eigenvalue weighted by Gasteiger charge is 2.41. The van der Waals surface area contributed by atoms with Crippen molar-refractivity contribution in [2.24, 2.45) is 0 Å². The molecule has 1 saturated heterocycles. The molecule has 1 aromatic carbocycles. The summed E-state index contributed by atoms with van der Waals surface area (Å²) in [5, 5.41) is 0. The Hall–Kier alpha value is -1.25. The zero-order chi connectivity index (χ0) is 17.3. The number of benzene rings is 1. The average Bonchev–Trinajstić information content (AvgIpc) is 2.95. The van der Waals surface area contributed by atoms with Gasteiger partial charge in [-0.25, -0.2) is 8.42 Å². The molecular weight excluding hydrogens is 335 g/mol. The first kappa shape index (κ1) is 18.1. The van der Waals surface area contributed by atoms with Gasteiger partial charge in [0.1, 0.15) is 6.04 Å². The Balaban J connectivity index is 2.22. The van der Waals surface area contributed by atoms with Crippen molar-refractivity contribution >= 4 is 24.3 Å². The number of amides is 1. The zero-order valence-electron chi connectivity index (χ0n) is 13.7. The molecule has 5 nitrogen and oxygen atoms in total. The minimum absolute atomic E-state index is 0.0710. The fourth-order valence-corrected chi connectivity index (χ4v) is 5.85. The Bertz CT molecular complexity index is 661. The third kappa shape index (κ3) is 4.18. The number of carbonyl (C=O) groups is 1. The second-order valence-electron chi connectivity index (χ2n) is 6.50. The Morgan fingerprint density at radius 1 is 1.35 bits per heavy atom. The highest BCUT2D eigenvalue weighted by atomic mass is 32.2. The van der Waals surface area contributed by atoms with E-state index in [0.717, 1.165) is 0 Å². The van der Waals surface area contributed by atoms with Gasteiger partial charge in [-0.2, -0.15) is 4.31 Å². The number of hydrogen-bond acceptors (Lipinski definition) is 3. The molecule has 0 aliphatic carbocycles. The second-order valence-corrected chi connectivity index (χ2v) is 12.1. The molecule has 0 radical (unpaired) electrons. The van der Waals surface area contributed by atoms with Crippen LogP contribution in [-0.4, -0.2) is 57.7 Å². The van der Waals surface area contributed by atoms with Gasteiger partial charge in [-0.15, -0.1) is 0 Å². The molecule has 1 atom stereocenters. The third-order valence-corrected chi connectivity index (χ3v) is 6.98. The Kier molecular flexibility index (Phi) is 5.27. The molecule has 0 spiro atoms. The van der Waals surface area contributed by atoms with Crippen LogP contribution in [0, 0.1) is 0 Å². The number of halogens is 1. The Morgan fingerprint density at radius 2 is 1.96 bits per heavy atom. The van der Waals surface area contributed by atoms with E-state index in [0.29, 0.717) is 19.4 Å². The van der Waals surface area contributed by atoms with Crippen LogP contribution in [0.5, 0.6) is 0 Å². The lowest BCUT2D eigenvalue weighted by Gasteiger charge is -2.29. The van der Waals surface area contributed by atoms with E-state index in [2.05, 4.69) is 0 Å². The number of sulfonamides is 1. The first-order valence-corrected chi connectivity index (χ1v) is 12.2. The third-order valence-electron chi connectivity index (χ3n) is 3.83. The van der Waals surface area contributed by atoms with Crippen LogP contribution >= 0.6 is 0 Å². The number of likely N-dealkylation sites (N-methyl/N-ethyl adjacent to an activating group) is 1. The molecule has 1 aliphatic rings. The molecule has 1 amide bonds. The molecule has 128 valence electrons. The van der Waals surface area contributed by atoms with Gasteiger partial charge in [-0.05, 0) is 38.1 Å². The van der Waals surface area contributed by atoms with Gasteiger partial charge in [0, 0.05) is 19.8 Å². The second kappa shape index (κ2) is 6.70. The summed E-state index contributed by atoms with van der Waals surface area (Å²) in [4.78, 5) is 14.1. The summed E-state index contributed by atoms with van der Waals surface area (Å²) < 4.78 is 40.6. The van der Waals surface area contributed by atoms with Crippen molar-refractivity contribution in [2.75, 3.05) is 19.8 Å². The van der Waals surface area contributed by atoms with Gasteiger partial charge in [0.15, 0.2) is 0 Å². The van der Waals surface area contributed by atoms with Crippen LogP contribution in [0.1, 0.15) is 12.8 Å². The van der Waals surface area contributed by atoms with Crippen LogP contribution in [-0.2, 0) is 14.8 Å². The predicted octanol–water partition coefficient (Wildman–Crippen LogP) is 2.01.